The second-order valence-corrected chi connectivity index (χ2v) is 7.44. The van der Waals surface area contributed by atoms with Gasteiger partial charge in [0.25, 0.3) is 5.91 Å². The van der Waals surface area contributed by atoms with Crippen LogP contribution in [-0.2, 0) is 0 Å². The van der Waals surface area contributed by atoms with Crippen LogP contribution in [0.5, 0.6) is 0 Å². The summed E-state index contributed by atoms with van der Waals surface area (Å²) in [5, 5.41) is 21.8. The summed E-state index contributed by atoms with van der Waals surface area (Å²) in [7, 11) is 0. The van der Waals surface area contributed by atoms with Gasteiger partial charge in [-0.2, -0.15) is 10.5 Å². The van der Waals surface area contributed by atoms with Gasteiger partial charge in [-0.3, -0.25) is 9.69 Å². The number of allylic oxidation sites excluding steroid dienone is 2. The van der Waals surface area contributed by atoms with Gasteiger partial charge < -0.3 is 5.73 Å². The highest BCUT2D eigenvalue weighted by Gasteiger charge is 2.42. The third-order valence-electron chi connectivity index (χ3n) is 4.12. The van der Waals surface area contributed by atoms with Crippen LogP contribution in [0.3, 0.4) is 0 Å². The molecule has 1 aromatic carbocycles. The normalized spacial score (nSPS) is 19.2. The molecule has 2 aliphatic rings. The van der Waals surface area contributed by atoms with Gasteiger partial charge in [0.15, 0.2) is 0 Å². The minimum atomic E-state index is -0.535. The van der Waals surface area contributed by atoms with Crippen molar-refractivity contribution in [3.05, 3.63) is 74.2 Å². The van der Waals surface area contributed by atoms with Gasteiger partial charge in [-0.25, -0.2) is 0 Å². The van der Waals surface area contributed by atoms with Crippen LogP contribution in [0, 0.1) is 22.7 Å². The molecular formula is C18H10N4OS2. The summed E-state index contributed by atoms with van der Waals surface area (Å²) in [5.74, 6) is -0.749. The Labute approximate surface area is 152 Å². The Hall–Kier alpha value is -3.00. The predicted octanol–water partition coefficient (Wildman–Crippen LogP) is 3.52. The van der Waals surface area contributed by atoms with Gasteiger partial charge in [0, 0.05) is 9.77 Å². The Morgan fingerprint density at radius 2 is 1.84 bits per heavy atom. The van der Waals surface area contributed by atoms with Crippen LogP contribution in [0.15, 0.2) is 68.7 Å². The van der Waals surface area contributed by atoms with Gasteiger partial charge in [0.1, 0.15) is 10.9 Å². The average molecular weight is 362 g/mol. The number of rotatable bonds is 1. The lowest BCUT2D eigenvalue weighted by Crippen LogP contribution is -2.40. The molecule has 0 bridgehead atoms. The molecule has 2 aliphatic heterocycles. The number of nitrogens with two attached hydrogens (primary N) is 1. The number of hydrogen-bond acceptors (Lipinski definition) is 6. The van der Waals surface area contributed by atoms with Crippen molar-refractivity contribution in [2.45, 2.75) is 10.8 Å². The van der Waals surface area contributed by atoms with E-state index in [1.807, 2.05) is 29.6 Å². The predicted molar refractivity (Wildman–Crippen MR) is 95.0 cm³/mol. The van der Waals surface area contributed by atoms with Crippen LogP contribution in [0.1, 0.15) is 21.2 Å². The zero-order chi connectivity index (χ0) is 17.6. The number of thiophene rings is 1. The van der Waals surface area contributed by atoms with Crippen molar-refractivity contribution < 1.29 is 4.79 Å². The fourth-order valence-electron chi connectivity index (χ4n) is 3.00. The van der Waals surface area contributed by atoms with E-state index in [1.165, 1.54) is 28.0 Å². The van der Waals surface area contributed by atoms with Crippen LogP contribution in [0.25, 0.3) is 0 Å². The van der Waals surface area contributed by atoms with Gasteiger partial charge in [-0.15, -0.1) is 11.3 Å². The van der Waals surface area contributed by atoms with Gasteiger partial charge in [0.2, 0.25) is 0 Å². The Balaban J connectivity index is 2.00. The van der Waals surface area contributed by atoms with Gasteiger partial charge in [0.05, 0.1) is 34.8 Å². The lowest BCUT2D eigenvalue weighted by molar-refractivity contribution is 0.0841. The first-order chi connectivity index (χ1) is 12.2. The molecule has 0 saturated carbocycles. The van der Waals surface area contributed by atoms with Crippen molar-refractivity contribution >= 4 is 29.0 Å². The summed E-state index contributed by atoms with van der Waals surface area (Å²) in [5.41, 5.74) is 7.34. The standard InChI is InChI=1S/C18H10N4OS2/c19-8-11-15(14-6-3-7-24-14)12(9-20)18-22(16(11)21)17(23)10-4-1-2-5-13(10)25-18/h1-7,15H,21H2. The van der Waals surface area contributed by atoms with Crippen LogP contribution < -0.4 is 5.73 Å². The van der Waals surface area contributed by atoms with E-state index in [4.69, 9.17) is 5.73 Å². The van der Waals surface area contributed by atoms with Crippen LogP contribution in [0.4, 0.5) is 0 Å². The minimum Gasteiger partial charge on any atom is -0.384 e. The van der Waals surface area contributed by atoms with Crippen LogP contribution >= 0.6 is 23.1 Å². The monoisotopic (exact) mass is 362 g/mol. The molecule has 5 nitrogen and oxygen atoms in total. The summed E-state index contributed by atoms with van der Waals surface area (Å²) in [6.07, 6.45) is 0. The Morgan fingerprint density at radius 1 is 1.08 bits per heavy atom. The van der Waals surface area contributed by atoms with E-state index in [1.54, 1.807) is 12.1 Å². The third kappa shape index (κ3) is 2.18. The lowest BCUT2D eigenvalue weighted by atomic mass is 9.88. The van der Waals surface area contributed by atoms with Crippen molar-refractivity contribution in [2.75, 3.05) is 0 Å². The number of nitrogens with zero attached hydrogens (tertiary/aromatic N) is 3. The van der Waals surface area contributed by atoms with Gasteiger partial charge in [-0.1, -0.05) is 30.0 Å². The Morgan fingerprint density at radius 3 is 2.52 bits per heavy atom. The number of amides is 1. The third-order valence-corrected chi connectivity index (χ3v) is 6.23. The quantitative estimate of drug-likeness (QED) is 0.837. The fraction of sp³-hybridized carbons (Fsp3) is 0.0556. The molecule has 1 atom stereocenters. The maximum atomic E-state index is 12.9. The van der Waals surface area contributed by atoms with Crippen LogP contribution in [0.2, 0.25) is 0 Å². The summed E-state index contributed by atoms with van der Waals surface area (Å²) in [6, 6.07) is 15.2. The molecule has 1 aromatic heterocycles. The molecule has 2 N–H and O–H groups in total. The highest BCUT2D eigenvalue weighted by atomic mass is 32.2. The maximum Gasteiger partial charge on any atom is 0.265 e. The number of carbonyl (C=O) groups excluding carboxylic acids is 1. The SMILES string of the molecule is N#CC1=C(N)N2C(=O)c3ccccc3SC2=C(C#N)C1c1cccs1. The second-order valence-electron chi connectivity index (χ2n) is 5.43. The smallest absolute Gasteiger partial charge is 0.265 e. The molecule has 0 saturated heterocycles. The Bertz CT molecular complexity index is 1040. The minimum absolute atomic E-state index is 0.0990. The van der Waals surface area contributed by atoms with Gasteiger partial charge in [-0.05, 0) is 23.6 Å². The van der Waals surface area contributed by atoms with Crippen molar-refractivity contribution in [2.24, 2.45) is 5.73 Å². The zero-order valence-corrected chi connectivity index (χ0v) is 14.4. The fourth-order valence-corrected chi connectivity index (χ4v) is 5.01. The Kier molecular flexibility index (Phi) is 3.61. The highest BCUT2D eigenvalue weighted by molar-refractivity contribution is 8.03. The lowest BCUT2D eigenvalue weighted by Gasteiger charge is -2.36. The molecule has 1 unspecified atom stereocenters. The van der Waals surface area contributed by atoms with E-state index in [0.717, 1.165) is 9.77 Å². The highest BCUT2D eigenvalue weighted by Crippen LogP contribution is 2.49. The number of fused-ring (bicyclic) bond motifs is 2. The van der Waals surface area contributed by atoms with Crippen LogP contribution in [-0.4, -0.2) is 10.8 Å². The first kappa shape index (κ1) is 15.5. The summed E-state index contributed by atoms with van der Waals surface area (Å²) >= 11 is 2.79. The number of thioether (sulfide) groups is 1. The average Bonchev–Trinajstić information content (AvgIpc) is 3.15. The van der Waals surface area contributed by atoms with E-state index in [9.17, 15) is 15.3 Å². The van der Waals surface area contributed by atoms with E-state index in [0.29, 0.717) is 16.2 Å². The molecule has 3 heterocycles. The molecule has 2 aromatic rings. The molecule has 0 fully saturated rings. The molecule has 0 aliphatic carbocycles. The molecular weight excluding hydrogens is 352 g/mol. The topological polar surface area (TPSA) is 93.9 Å². The van der Waals surface area contributed by atoms with Crippen molar-refractivity contribution in [1.82, 2.24) is 4.90 Å². The van der Waals surface area contributed by atoms with Crippen molar-refractivity contribution in [3.8, 4) is 12.1 Å². The van der Waals surface area contributed by atoms with Crippen molar-refractivity contribution in [3.63, 3.8) is 0 Å². The molecule has 0 spiro atoms. The summed E-state index contributed by atoms with van der Waals surface area (Å²) in [6.45, 7) is 0. The number of hydrogen-bond donors (Lipinski definition) is 1. The molecule has 1 amide bonds. The molecule has 0 radical (unpaired) electrons. The summed E-state index contributed by atoms with van der Waals surface area (Å²) < 4.78 is 0. The van der Waals surface area contributed by atoms with E-state index >= 15 is 0 Å². The largest absolute Gasteiger partial charge is 0.384 e. The maximum absolute atomic E-state index is 12.9. The van der Waals surface area contributed by atoms with Gasteiger partial charge >= 0.3 is 0 Å². The van der Waals surface area contributed by atoms with Crippen molar-refractivity contribution in [1.29, 1.82) is 10.5 Å². The molecule has 120 valence electrons. The van der Waals surface area contributed by atoms with E-state index in [-0.39, 0.29) is 17.3 Å². The second kappa shape index (κ2) is 5.82. The number of carbonyl (C=O) groups is 1. The number of benzene rings is 1. The number of nitriles is 2. The molecule has 25 heavy (non-hydrogen) atoms. The first-order valence-electron chi connectivity index (χ1n) is 7.36. The summed E-state index contributed by atoms with van der Waals surface area (Å²) in [4.78, 5) is 15.9. The molecule has 4 rings (SSSR count). The van der Waals surface area contributed by atoms with E-state index < -0.39 is 5.92 Å². The zero-order valence-electron chi connectivity index (χ0n) is 12.8. The van der Waals surface area contributed by atoms with E-state index in [2.05, 4.69) is 12.1 Å². The molecule has 7 heteroatoms. The first-order valence-corrected chi connectivity index (χ1v) is 9.05.